The van der Waals surface area contributed by atoms with Gasteiger partial charge in [-0.3, -0.25) is 4.79 Å². The molecule has 4 nitrogen and oxygen atoms in total. The van der Waals surface area contributed by atoms with Crippen LogP contribution in [0.15, 0.2) is 36.5 Å². The third-order valence-electron chi connectivity index (χ3n) is 2.60. The molecule has 0 unspecified atom stereocenters. The summed E-state index contributed by atoms with van der Waals surface area (Å²) in [5.74, 6) is -0.764. The molecule has 0 fully saturated rings. The molecule has 0 atom stereocenters. The molecule has 0 aliphatic heterocycles. The number of carbonyl (C=O) groups excluding carboxylic acids is 1. The lowest BCUT2D eigenvalue weighted by atomic mass is 10.1. The summed E-state index contributed by atoms with van der Waals surface area (Å²) < 4.78 is 38.5. The average molecular weight is 316 g/mol. The lowest BCUT2D eigenvalue weighted by Crippen LogP contribution is -2.17. The van der Waals surface area contributed by atoms with E-state index in [9.17, 15) is 18.0 Å². The van der Waals surface area contributed by atoms with Gasteiger partial charge in [0.15, 0.2) is 0 Å². The van der Waals surface area contributed by atoms with Gasteiger partial charge in [0.2, 0.25) is 0 Å². The quantitative estimate of drug-likeness (QED) is 0.890. The van der Waals surface area contributed by atoms with E-state index in [0.29, 0.717) is 0 Å². The third-order valence-corrected chi connectivity index (χ3v) is 2.90. The summed E-state index contributed by atoms with van der Waals surface area (Å²) >= 11 is 5.79. The number of hydrogen-bond acceptors (Lipinski definition) is 3. The number of carbonyl (C=O) groups is 1. The van der Waals surface area contributed by atoms with E-state index >= 15 is 0 Å². The lowest BCUT2D eigenvalue weighted by Gasteiger charge is -2.14. The number of halogens is 4. The van der Waals surface area contributed by atoms with Gasteiger partial charge in [-0.05, 0) is 18.2 Å². The first-order chi connectivity index (χ1) is 9.79. The van der Waals surface area contributed by atoms with Crippen molar-refractivity contribution in [3.05, 3.63) is 52.7 Å². The second-order valence-electron chi connectivity index (χ2n) is 4.09. The summed E-state index contributed by atoms with van der Waals surface area (Å²) in [6.07, 6.45) is -3.42. The number of alkyl halides is 3. The van der Waals surface area contributed by atoms with E-state index in [1.54, 1.807) is 0 Å². The number of nitrogens with zero attached hydrogens (tertiary/aromatic N) is 1. The molecule has 2 rings (SSSR count). The molecule has 1 aromatic heterocycles. The molecule has 21 heavy (non-hydrogen) atoms. The molecular weight excluding hydrogens is 307 g/mol. The predicted octanol–water partition coefficient (Wildman–Crippen LogP) is 3.59. The van der Waals surface area contributed by atoms with Crippen molar-refractivity contribution in [3.63, 3.8) is 0 Å². The average Bonchev–Trinajstić information content (AvgIpc) is 2.41. The summed E-state index contributed by atoms with van der Waals surface area (Å²) in [6.45, 7) is 0. The molecule has 1 heterocycles. The predicted molar refractivity (Wildman–Crippen MR) is 73.1 cm³/mol. The van der Waals surface area contributed by atoms with Gasteiger partial charge in [-0.2, -0.15) is 13.2 Å². The van der Waals surface area contributed by atoms with Crippen molar-refractivity contribution >= 4 is 29.0 Å². The summed E-state index contributed by atoms with van der Waals surface area (Å²) in [5.41, 5.74) is 4.07. The van der Waals surface area contributed by atoms with E-state index in [2.05, 4.69) is 10.3 Å². The maximum absolute atomic E-state index is 12.8. The molecule has 2 aromatic rings. The standard InChI is InChI=1S/C13H9ClF3N3O/c14-9-6-19-11(18)5-7(9)12(21)20-10-4-2-1-3-8(10)13(15,16)17/h1-6H,(H2,18,19)(H,20,21). The first-order valence-corrected chi connectivity index (χ1v) is 6.05. The normalized spacial score (nSPS) is 11.2. The van der Waals surface area contributed by atoms with E-state index in [1.165, 1.54) is 18.2 Å². The molecule has 0 spiro atoms. The zero-order valence-corrected chi connectivity index (χ0v) is 11.2. The fraction of sp³-hybridized carbons (Fsp3) is 0.0769. The number of nitrogen functional groups attached to an aromatic ring is 1. The molecule has 0 saturated carbocycles. The van der Waals surface area contributed by atoms with Crippen LogP contribution in [0.1, 0.15) is 15.9 Å². The largest absolute Gasteiger partial charge is 0.418 e. The van der Waals surface area contributed by atoms with Crippen LogP contribution >= 0.6 is 11.6 Å². The minimum absolute atomic E-state index is 0.00816. The Labute approximate surface area is 122 Å². The van der Waals surface area contributed by atoms with Crippen LogP contribution in [-0.4, -0.2) is 10.9 Å². The van der Waals surface area contributed by atoms with Gasteiger partial charge in [-0.1, -0.05) is 23.7 Å². The Morgan fingerprint density at radius 3 is 2.62 bits per heavy atom. The monoisotopic (exact) mass is 315 g/mol. The molecule has 0 aliphatic carbocycles. The van der Waals surface area contributed by atoms with Gasteiger partial charge in [0.1, 0.15) is 5.82 Å². The number of hydrogen-bond donors (Lipinski definition) is 2. The number of nitrogens with two attached hydrogens (primary N) is 1. The number of nitrogens with one attached hydrogen (secondary N) is 1. The van der Waals surface area contributed by atoms with Crippen molar-refractivity contribution in [2.24, 2.45) is 0 Å². The molecule has 1 amide bonds. The van der Waals surface area contributed by atoms with Gasteiger partial charge < -0.3 is 11.1 Å². The molecule has 110 valence electrons. The number of pyridine rings is 1. The highest BCUT2D eigenvalue weighted by molar-refractivity contribution is 6.34. The summed E-state index contributed by atoms with van der Waals surface area (Å²) in [4.78, 5) is 15.7. The number of aromatic nitrogens is 1. The van der Waals surface area contributed by atoms with Crippen molar-refractivity contribution in [2.45, 2.75) is 6.18 Å². The summed E-state index contributed by atoms with van der Waals surface area (Å²) in [5, 5.41) is 2.17. The van der Waals surface area contributed by atoms with E-state index in [-0.39, 0.29) is 22.1 Å². The van der Waals surface area contributed by atoms with Gasteiger partial charge in [0, 0.05) is 6.20 Å². The van der Waals surface area contributed by atoms with E-state index in [4.69, 9.17) is 17.3 Å². The zero-order chi connectivity index (χ0) is 15.6. The van der Waals surface area contributed by atoms with Crippen LogP contribution in [-0.2, 0) is 6.18 Å². The van der Waals surface area contributed by atoms with Crippen molar-refractivity contribution in [3.8, 4) is 0 Å². The van der Waals surface area contributed by atoms with Crippen molar-refractivity contribution in [2.75, 3.05) is 11.1 Å². The molecule has 3 N–H and O–H groups in total. The van der Waals surface area contributed by atoms with Crippen molar-refractivity contribution in [1.29, 1.82) is 0 Å². The minimum atomic E-state index is -4.58. The van der Waals surface area contributed by atoms with Crippen LogP contribution in [0.4, 0.5) is 24.7 Å². The number of anilines is 2. The van der Waals surface area contributed by atoms with Crippen LogP contribution in [0, 0.1) is 0 Å². The fourth-order valence-electron chi connectivity index (χ4n) is 1.66. The first kappa shape index (κ1) is 15.1. The van der Waals surface area contributed by atoms with Gasteiger partial charge in [0.05, 0.1) is 21.8 Å². The van der Waals surface area contributed by atoms with Gasteiger partial charge in [-0.25, -0.2) is 4.98 Å². The second kappa shape index (κ2) is 5.61. The molecule has 1 aromatic carbocycles. The number of rotatable bonds is 2. The minimum Gasteiger partial charge on any atom is -0.384 e. The second-order valence-corrected chi connectivity index (χ2v) is 4.49. The molecule has 0 radical (unpaired) electrons. The Morgan fingerprint density at radius 2 is 1.95 bits per heavy atom. The van der Waals surface area contributed by atoms with Gasteiger partial charge in [-0.15, -0.1) is 0 Å². The molecule has 0 aliphatic rings. The number of amides is 1. The van der Waals surface area contributed by atoms with Crippen LogP contribution in [0.3, 0.4) is 0 Å². The fourth-order valence-corrected chi connectivity index (χ4v) is 1.85. The van der Waals surface area contributed by atoms with Crippen LogP contribution in [0.2, 0.25) is 5.02 Å². The number of para-hydroxylation sites is 1. The zero-order valence-electron chi connectivity index (χ0n) is 10.4. The third kappa shape index (κ3) is 3.43. The Morgan fingerprint density at radius 1 is 1.29 bits per heavy atom. The first-order valence-electron chi connectivity index (χ1n) is 5.67. The maximum Gasteiger partial charge on any atom is 0.418 e. The van der Waals surface area contributed by atoms with Gasteiger partial charge >= 0.3 is 6.18 Å². The highest BCUT2D eigenvalue weighted by atomic mass is 35.5. The lowest BCUT2D eigenvalue weighted by molar-refractivity contribution is -0.136. The molecular formula is C13H9ClF3N3O. The Hall–Kier alpha value is -2.28. The Kier molecular flexibility index (Phi) is 4.04. The van der Waals surface area contributed by atoms with E-state index < -0.39 is 17.6 Å². The van der Waals surface area contributed by atoms with E-state index in [0.717, 1.165) is 18.3 Å². The molecule has 0 saturated heterocycles. The van der Waals surface area contributed by atoms with Crippen LogP contribution in [0.5, 0.6) is 0 Å². The maximum atomic E-state index is 12.8. The highest BCUT2D eigenvalue weighted by Gasteiger charge is 2.33. The van der Waals surface area contributed by atoms with Gasteiger partial charge in [0.25, 0.3) is 5.91 Å². The molecule has 8 heteroatoms. The topological polar surface area (TPSA) is 68.0 Å². The van der Waals surface area contributed by atoms with Crippen molar-refractivity contribution in [1.82, 2.24) is 4.98 Å². The van der Waals surface area contributed by atoms with Crippen LogP contribution < -0.4 is 11.1 Å². The highest BCUT2D eigenvalue weighted by Crippen LogP contribution is 2.34. The van der Waals surface area contributed by atoms with E-state index in [1.807, 2.05) is 0 Å². The molecule has 0 bridgehead atoms. The van der Waals surface area contributed by atoms with Crippen molar-refractivity contribution < 1.29 is 18.0 Å². The Balaban J connectivity index is 2.35. The summed E-state index contributed by atoms with van der Waals surface area (Å²) in [7, 11) is 0. The van der Waals surface area contributed by atoms with Crippen LogP contribution in [0.25, 0.3) is 0 Å². The smallest absolute Gasteiger partial charge is 0.384 e. The number of benzene rings is 1. The SMILES string of the molecule is Nc1cc(C(=O)Nc2ccccc2C(F)(F)F)c(Cl)cn1. The Bertz CT molecular complexity index is 689. The summed E-state index contributed by atoms with van der Waals surface area (Å²) in [6, 6.07) is 5.83.